The Hall–Kier alpha value is -0.500. The minimum absolute atomic E-state index is 1.01. The van der Waals surface area contributed by atoms with Crippen LogP contribution in [0.4, 0.5) is 0 Å². The van der Waals surface area contributed by atoms with E-state index < -0.39 is 0 Å². The van der Waals surface area contributed by atoms with E-state index in [9.17, 15) is 0 Å². The van der Waals surface area contributed by atoms with Gasteiger partial charge in [-0.3, -0.25) is 0 Å². The van der Waals surface area contributed by atoms with Crippen molar-refractivity contribution < 1.29 is 0 Å². The minimum Gasteiger partial charge on any atom is -0.318 e. The number of rotatable bonds is 0. The van der Waals surface area contributed by atoms with E-state index >= 15 is 0 Å². The molecule has 54 valence electrons. The van der Waals surface area contributed by atoms with Crippen molar-refractivity contribution in [1.29, 1.82) is 0 Å². The lowest BCUT2D eigenvalue weighted by molar-refractivity contribution is 0.373. The average molecular weight is 128 g/mol. The average Bonchev–Trinajstić information content (AvgIpc) is 2.20. The number of hydrogen-bond acceptors (Lipinski definition) is 2. The molecule has 0 amide bonds. The fourth-order valence-electron chi connectivity index (χ4n) is 0.671. The predicted molar refractivity (Wildman–Crippen MR) is 40.9 cm³/mol. The smallest absolute Gasteiger partial charge is 0.0375 e. The van der Waals surface area contributed by atoms with Crippen LogP contribution in [0.2, 0.25) is 0 Å². The van der Waals surface area contributed by atoms with Crippen LogP contribution in [0.25, 0.3) is 0 Å². The van der Waals surface area contributed by atoms with Crippen LogP contribution in [-0.4, -0.2) is 18.6 Å². The molecule has 0 saturated carbocycles. The second-order valence-corrected chi connectivity index (χ2v) is 1.92. The van der Waals surface area contributed by atoms with E-state index in [2.05, 4.69) is 18.5 Å². The largest absolute Gasteiger partial charge is 0.318 e. The zero-order valence-electron chi connectivity index (χ0n) is 6.73. The minimum atomic E-state index is 1.01. The van der Waals surface area contributed by atoms with Crippen LogP contribution in [0.5, 0.6) is 0 Å². The molecule has 1 rings (SSSR count). The van der Waals surface area contributed by atoms with E-state index in [-0.39, 0.29) is 0 Å². The van der Waals surface area contributed by atoms with Gasteiger partial charge in [-0.15, -0.1) is 0 Å². The molecule has 0 spiro atoms. The fourth-order valence-corrected chi connectivity index (χ4v) is 0.671. The summed E-state index contributed by atoms with van der Waals surface area (Å²) < 4.78 is 0. The molecule has 0 atom stereocenters. The second kappa shape index (κ2) is 4.39. The van der Waals surface area contributed by atoms with Gasteiger partial charge in [0.15, 0.2) is 0 Å². The summed E-state index contributed by atoms with van der Waals surface area (Å²) >= 11 is 0. The van der Waals surface area contributed by atoms with Crippen LogP contribution in [0.3, 0.4) is 0 Å². The van der Waals surface area contributed by atoms with Crippen LogP contribution >= 0.6 is 0 Å². The van der Waals surface area contributed by atoms with Gasteiger partial charge >= 0.3 is 0 Å². The third kappa shape index (κ3) is 3.14. The third-order valence-corrected chi connectivity index (χ3v) is 1.02. The molecule has 1 aliphatic rings. The molecule has 1 N–H and O–H groups in total. The quantitative estimate of drug-likeness (QED) is 0.530. The van der Waals surface area contributed by atoms with E-state index in [1.165, 1.54) is 5.57 Å². The van der Waals surface area contributed by atoms with Gasteiger partial charge in [0.2, 0.25) is 0 Å². The highest BCUT2D eigenvalue weighted by molar-refractivity contribution is 5.02. The van der Waals surface area contributed by atoms with Crippen LogP contribution in [0.1, 0.15) is 20.8 Å². The highest BCUT2D eigenvalue weighted by atomic mass is 15.5. The molecule has 0 radical (unpaired) electrons. The zero-order chi connectivity index (χ0) is 7.28. The lowest BCUT2D eigenvalue weighted by Gasteiger charge is -2.04. The first-order valence-electron chi connectivity index (χ1n) is 3.42. The number of nitrogens with zero attached hydrogens (tertiary/aromatic N) is 1. The van der Waals surface area contributed by atoms with Crippen molar-refractivity contribution in [2.45, 2.75) is 20.8 Å². The van der Waals surface area contributed by atoms with Gasteiger partial charge in [0.1, 0.15) is 0 Å². The molecule has 0 aromatic carbocycles. The standard InChI is InChI=1S/C5H10N2.C2H6/c1-5-3-6-7(2)4-5;1-2/h4,6H,3H2,1-2H3;1-2H3. The summed E-state index contributed by atoms with van der Waals surface area (Å²) in [5.41, 5.74) is 4.50. The molecule has 0 saturated heterocycles. The number of hydrazine groups is 1. The lowest BCUT2D eigenvalue weighted by Crippen LogP contribution is -2.23. The Balaban J connectivity index is 0.000000291. The van der Waals surface area contributed by atoms with Gasteiger partial charge in [0.05, 0.1) is 0 Å². The van der Waals surface area contributed by atoms with Crippen molar-refractivity contribution in [3.8, 4) is 0 Å². The van der Waals surface area contributed by atoms with Crippen molar-refractivity contribution in [3.63, 3.8) is 0 Å². The maximum atomic E-state index is 3.11. The summed E-state index contributed by atoms with van der Waals surface area (Å²) in [5, 5.41) is 1.97. The Kier molecular flexibility index (Phi) is 4.14. The monoisotopic (exact) mass is 128 g/mol. The zero-order valence-corrected chi connectivity index (χ0v) is 6.73. The summed E-state index contributed by atoms with van der Waals surface area (Å²) in [5.74, 6) is 0. The molecule has 0 aliphatic carbocycles. The normalized spacial score (nSPS) is 16.4. The van der Waals surface area contributed by atoms with Crippen molar-refractivity contribution >= 4 is 0 Å². The first-order chi connectivity index (χ1) is 4.29. The van der Waals surface area contributed by atoms with Crippen molar-refractivity contribution in [1.82, 2.24) is 10.4 Å². The molecule has 0 aromatic heterocycles. The van der Waals surface area contributed by atoms with Gasteiger partial charge in [0, 0.05) is 19.8 Å². The molecular weight excluding hydrogens is 112 g/mol. The third-order valence-electron chi connectivity index (χ3n) is 1.02. The summed E-state index contributed by atoms with van der Waals surface area (Å²) in [6.07, 6.45) is 2.08. The Bertz CT molecular complexity index is 97.1. The molecule has 0 unspecified atom stereocenters. The summed E-state index contributed by atoms with van der Waals surface area (Å²) in [6, 6.07) is 0. The van der Waals surface area contributed by atoms with Crippen LogP contribution < -0.4 is 5.43 Å². The van der Waals surface area contributed by atoms with Crippen LogP contribution in [-0.2, 0) is 0 Å². The SMILES string of the molecule is CC.CC1=CN(C)NC1. The molecule has 9 heavy (non-hydrogen) atoms. The number of nitrogens with one attached hydrogen (secondary N) is 1. The van der Waals surface area contributed by atoms with Crippen molar-refractivity contribution in [2.75, 3.05) is 13.6 Å². The summed E-state index contributed by atoms with van der Waals surface area (Å²) in [6.45, 7) is 7.12. The topological polar surface area (TPSA) is 15.3 Å². The van der Waals surface area contributed by atoms with E-state index in [1.54, 1.807) is 0 Å². The second-order valence-electron chi connectivity index (χ2n) is 1.92. The van der Waals surface area contributed by atoms with E-state index in [1.807, 2.05) is 25.9 Å². The van der Waals surface area contributed by atoms with E-state index in [0.29, 0.717) is 0 Å². The number of hydrogen-bond donors (Lipinski definition) is 1. The molecule has 2 nitrogen and oxygen atoms in total. The highest BCUT2D eigenvalue weighted by Crippen LogP contribution is 1.97. The van der Waals surface area contributed by atoms with Gasteiger partial charge < -0.3 is 5.01 Å². The molecule has 1 heterocycles. The Morgan fingerprint density at radius 1 is 1.56 bits per heavy atom. The van der Waals surface area contributed by atoms with Crippen molar-refractivity contribution in [2.24, 2.45) is 0 Å². The van der Waals surface area contributed by atoms with Crippen LogP contribution in [0.15, 0.2) is 11.8 Å². The molecule has 2 heteroatoms. The van der Waals surface area contributed by atoms with Gasteiger partial charge in [-0.05, 0) is 12.5 Å². The lowest BCUT2D eigenvalue weighted by atomic mass is 10.4. The van der Waals surface area contributed by atoms with Crippen LogP contribution in [0, 0.1) is 0 Å². The summed E-state index contributed by atoms with van der Waals surface area (Å²) in [4.78, 5) is 0. The maximum absolute atomic E-state index is 3.11. The van der Waals surface area contributed by atoms with E-state index in [0.717, 1.165) is 6.54 Å². The molecule has 1 aliphatic heterocycles. The maximum Gasteiger partial charge on any atom is 0.0375 e. The molecular formula is C7H16N2. The van der Waals surface area contributed by atoms with Gasteiger partial charge in [-0.2, -0.15) is 0 Å². The Morgan fingerprint density at radius 3 is 2.22 bits per heavy atom. The van der Waals surface area contributed by atoms with Gasteiger partial charge in [-0.25, -0.2) is 5.43 Å². The first-order valence-corrected chi connectivity index (χ1v) is 3.42. The van der Waals surface area contributed by atoms with Crippen molar-refractivity contribution in [3.05, 3.63) is 11.8 Å². The Morgan fingerprint density at radius 2 is 2.11 bits per heavy atom. The Labute approximate surface area is 57.5 Å². The predicted octanol–water partition coefficient (Wildman–Crippen LogP) is 1.37. The van der Waals surface area contributed by atoms with Gasteiger partial charge in [-0.1, -0.05) is 13.8 Å². The van der Waals surface area contributed by atoms with Gasteiger partial charge in [0.25, 0.3) is 0 Å². The van der Waals surface area contributed by atoms with E-state index in [4.69, 9.17) is 0 Å². The molecule has 0 fully saturated rings. The molecule has 0 bridgehead atoms. The summed E-state index contributed by atoms with van der Waals surface area (Å²) in [7, 11) is 2.00. The fraction of sp³-hybridized carbons (Fsp3) is 0.714. The first kappa shape index (κ1) is 8.50. The highest BCUT2D eigenvalue weighted by Gasteiger charge is 1.99. The molecule has 0 aromatic rings.